The van der Waals surface area contributed by atoms with Gasteiger partial charge in [-0.05, 0) is 41.5 Å². The molecular formula is C28H22F9N3O3. The minimum Gasteiger partial charge on any atom is -0.374 e. The van der Waals surface area contributed by atoms with Gasteiger partial charge >= 0.3 is 18.5 Å². The van der Waals surface area contributed by atoms with E-state index in [9.17, 15) is 49.1 Å². The van der Waals surface area contributed by atoms with E-state index in [1.165, 1.54) is 36.4 Å². The zero-order chi connectivity index (χ0) is 31.8. The number of hydrogen-bond donors (Lipinski definition) is 2. The van der Waals surface area contributed by atoms with Gasteiger partial charge in [0.25, 0.3) is 11.5 Å². The number of nitrogens with one attached hydrogen (secondary N) is 2. The highest BCUT2D eigenvalue weighted by atomic mass is 19.4. The van der Waals surface area contributed by atoms with Crippen LogP contribution in [-0.2, 0) is 27.6 Å². The molecule has 3 aromatic rings. The normalized spacial score (nSPS) is 17.4. The van der Waals surface area contributed by atoms with Crippen molar-refractivity contribution in [2.45, 2.75) is 43.9 Å². The molecule has 1 heterocycles. The summed E-state index contributed by atoms with van der Waals surface area (Å²) in [5.41, 5.74) is -9.36. The number of fused-ring (bicyclic) bond motifs is 1. The van der Waals surface area contributed by atoms with Gasteiger partial charge in [0.15, 0.2) is 0 Å². The Morgan fingerprint density at radius 2 is 1.47 bits per heavy atom. The molecule has 1 aliphatic rings. The molecule has 0 fully saturated rings. The molecule has 0 aliphatic carbocycles. The fraction of sp³-hybridized carbons (Fsp3) is 0.321. The van der Waals surface area contributed by atoms with E-state index in [-0.39, 0.29) is 46.6 Å². The Labute approximate surface area is 237 Å². The van der Waals surface area contributed by atoms with Gasteiger partial charge in [-0.25, -0.2) is 0 Å². The van der Waals surface area contributed by atoms with Crippen LogP contribution in [0.2, 0.25) is 0 Å². The number of alkyl halides is 9. The van der Waals surface area contributed by atoms with Gasteiger partial charge in [-0.1, -0.05) is 42.4 Å². The highest BCUT2D eigenvalue weighted by Gasteiger charge is 2.63. The number of amides is 2. The molecule has 0 bridgehead atoms. The maximum absolute atomic E-state index is 14.5. The van der Waals surface area contributed by atoms with Gasteiger partial charge < -0.3 is 15.5 Å². The Bertz CT molecular complexity index is 1550. The molecule has 0 aromatic heterocycles. The van der Waals surface area contributed by atoms with E-state index in [4.69, 9.17) is 4.84 Å². The fourth-order valence-corrected chi connectivity index (χ4v) is 4.57. The van der Waals surface area contributed by atoms with Crippen molar-refractivity contribution in [3.8, 4) is 0 Å². The lowest BCUT2D eigenvalue weighted by molar-refractivity contribution is -0.276. The minimum atomic E-state index is -5.50. The molecule has 2 amide bonds. The molecule has 1 aliphatic heterocycles. The molecule has 43 heavy (non-hydrogen) atoms. The maximum Gasteiger partial charge on any atom is 0.435 e. The predicted molar refractivity (Wildman–Crippen MR) is 136 cm³/mol. The lowest BCUT2D eigenvalue weighted by atomic mass is 9.83. The molecule has 3 aromatic carbocycles. The van der Waals surface area contributed by atoms with E-state index in [1.54, 1.807) is 0 Å². The van der Waals surface area contributed by atoms with E-state index >= 15 is 0 Å². The van der Waals surface area contributed by atoms with Crippen LogP contribution in [0, 0.1) is 0 Å². The van der Waals surface area contributed by atoms with E-state index in [2.05, 4.69) is 15.8 Å². The zero-order valence-electron chi connectivity index (χ0n) is 22.1. The van der Waals surface area contributed by atoms with E-state index in [0.717, 1.165) is 0 Å². The third-order valence-electron chi connectivity index (χ3n) is 6.70. The summed E-state index contributed by atoms with van der Waals surface area (Å²) in [5, 5.41) is 8.93. The molecule has 0 spiro atoms. The quantitative estimate of drug-likeness (QED) is 0.289. The summed E-state index contributed by atoms with van der Waals surface area (Å²) >= 11 is 0. The molecule has 6 nitrogen and oxygen atoms in total. The molecule has 0 saturated heterocycles. The van der Waals surface area contributed by atoms with E-state index in [0.29, 0.717) is 13.0 Å². The number of benzene rings is 3. The maximum atomic E-state index is 14.5. The smallest absolute Gasteiger partial charge is 0.374 e. The summed E-state index contributed by atoms with van der Waals surface area (Å²) < 4.78 is 124. The second kappa shape index (κ2) is 11.4. The summed E-state index contributed by atoms with van der Waals surface area (Å²) in [4.78, 5) is 29.4. The van der Waals surface area contributed by atoms with Crippen molar-refractivity contribution >= 4 is 28.3 Å². The Hall–Kier alpha value is -4.30. The van der Waals surface area contributed by atoms with Crippen molar-refractivity contribution in [2.24, 2.45) is 5.16 Å². The third-order valence-corrected chi connectivity index (χ3v) is 6.70. The molecule has 1 unspecified atom stereocenters. The van der Waals surface area contributed by atoms with Crippen LogP contribution >= 0.6 is 0 Å². The molecule has 0 radical (unpaired) electrons. The first-order chi connectivity index (χ1) is 20.0. The monoisotopic (exact) mass is 619 g/mol. The number of oxime groups is 1. The van der Waals surface area contributed by atoms with E-state index in [1.807, 2.05) is 6.92 Å². The van der Waals surface area contributed by atoms with Crippen LogP contribution in [0.5, 0.6) is 0 Å². The van der Waals surface area contributed by atoms with Crippen LogP contribution < -0.4 is 10.6 Å². The number of carbonyl (C=O) groups excluding carboxylic acids is 2. The van der Waals surface area contributed by atoms with Gasteiger partial charge in [0, 0.05) is 29.7 Å². The summed E-state index contributed by atoms with van der Waals surface area (Å²) in [6.07, 6.45) is -16.9. The van der Waals surface area contributed by atoms with Crippen molar-refractivity contribution in [3.05, 3.63) is 82.4 Å². The van der Waals surface area contributed by atoms with Crippen LogP contribution in [0.15, 0.2) is 59.8 Å². The van der Waals surface area contributed by atoms with Crippen LogP contribution in [0.25, 0.3) is 10.8 Å². The van der Waals surface area contributed by atoms with Gasteiger partial charge in [-0.15, -0.1) is 0 Å². The van der Waals surface area contributed by atoms with Crippen molar-refractivity contribution in [1.29, 1.82) is 0 Å². The summed E-state index contributed by atoms with van der Waals surface area (Å²) in [6.45, 7) is 1.89. The van der Waals surface area contributed by atoms with Gasteiger partial charge in [0.05, 0.1) is 23.4 Å². The standard InChI is InChI=1S/C28H22F9N3O3/c1-2-9-38-23(41)14-39-24(42)21-8-7-20(18-5-3-4-6-19(18)21)22-13-25(43-40-22,28(35,36)37)15-10-16(26(29,30)31)12-17(11-15)27(32,33)34/h3-8,10-12H,2,9,13-14H2,1H3,(H,38,41)(H,39,42). The van der Waals surface area contributed by atoms with Crippen molar-refractivity contribution < 1.29 is 53.9 Å². The topological polar surface area (TPSA) is 79.8 Å². The zero-order valence-corrected chi connectivity index (χ0v) is 22.1. The first-order valence-corrected chi connectivity index (χ1v) is 12.7. The number of rotatable bonds is 7. The summed E-state index contributed by atoms with van der Waals surface area (Å²) in [7, 11) is 0. The van der Waals surface area contributed by atoms with Crippen molar-refractivity contribution in [1.82, 2.24) is 10.6 Å². The Morgan fingerprint density at radius 1 is 0.860 bits per heavy atom. The second-order valence-electron chi connectivity index (χ2n) is 9.66. The number of carbonyl (C=O) groups is 2. The highest BCUT2D eigenvalue weighted by Crippen LogP contribution is 2.51. The average Bonchev–Trinajstić information content (AvgIpc) is 3.40. The molecule has 2 N–H and O–H groups in total. The molecule has 230 valence electrons. The summed E-state index contributed by atoms with van der Waals surface area (Å²) in [6, 6.07) is 8.07. The number of halogens is 9. The van der Waals surface area contributed by atoms with Crippen LogP contribution in [-0.4, -0.2) is 36.8 Å². The molecular weight excluding hydrogens is 597 g/mol. The van der Waals surface area contributed by atoms with E-state index < -0.39 is 64.8 Å². The van der Waals surface area contributed by atoms with Gasteiger partial charge in [0.2, 0.25) is 5.91 Å². The van der Waals surface area contributed by atoms with Crippen molar-refractivity contribution in [3.63, 3.8) is 0 Å². The Balaban J connectivity index is 1.74. The summed E-state index contributed by atoms with van der Waals surface area (Å²) in [5.74, 6) is -1.12. The Morgan fingerprint density at radius 3 is 2.02 bits per heavy atom. The van der Waals surface area contributed by atoms with Gasteiger partial charge in [0.1, 0.15) is 0 Å². The lowest BCUT2D eigenvalue weighted by Crippen LogP contribution is -2.43. The lowest BCUT2D eigenvalue weighted by Gasteiger charge is -2.30. The minimum absolute atomic E-state index is 0.00184. The van der Waals surface area contributed by atoms with Gasteiger partial charge in [-0.3, -0.25) is 9.59 Å². The van der Waals surface area contributed by atoms with Crippen LogP contribution in [0.3, 0.4) is 0 Å². The SMILES string of the molecule is CCCNC(=O)CNC(=O)c1ccc(C2=NOC(c3cc(C(F)(F)F)cc(C(F)(F)F)c3)(C(F)(F)F)C2)c2ccccc12. The average molecular weight is 619 g/mol. The first-order valence-electron chi connectivity index (χ1n) is 12.7. The highest BCUT2D eigenvalue weighted by molar-refractivity contribution is 6.16. The molecule has 1 atom stereocenters. The number of hydrogen-bond acceptors (Lipinski definition) is 4. The molecule has 0 saturated carbocycles. The predicted octanol–water partition coefficient (Wildman–Crippen LogP) is 6.72. The molecule has 4 rings (SSSR count). The van der Waals surface area contributed by atoms with Crippen molar-refractivity contribution in [2.75, 3.05) is 13.1 Å². The first kappa shape index (κ1) is 31.6. The Kier molecular flexibility index (Phi) is 8.40. The second-order valence-corrected chi connectivity index (χ2v) is 9.66. The van der Waals surface area contributed by atoms with Gasteiger partial charge in [-0.2, -0.15) is 39.5 Å². The number of nitrogens with zero attached hydrogens (tertiary/aromatic N) is 1. The third kappa shape index (κ3) is 6.39. The van der Waals surface area contributed by atoms with Crippen LogP contribution in [0.1, 0.15) is 52.4 Å². The largest absolute Gasteiger partial charge is 0.435 e. The molecule has 15 heteroatoms. The van der Waals surface area contributed by atoms with Crippen LogP contribution in [0.4, 0.5) is 39.5 Å². The fourth-order valence-electron chi connectivity index (χ4n) is 4.57.